The molecule has 0 spiro atoms. The third kappa shape index (κ3) is 5.28. The van der Waals surface area contributed by atoms with Crippen LogP contribution < -0.4 is 15.5 Å². The summed E-state index contributed by atoms with van der Waals surface area (Å²) in [6.45, 7) is 3.67. The van der Waals surface area contributed by atoms with Crippen LogP contribution in [0, 0.1) is 5.92 Å². The molecule has 3 heterocycles. The molecule has 2 aromatic carbocycles. The van der Waals surface area contributed by atoms with Crippen LogP contribution in [0.5, 0.6) is 0 Å². The molecule has 2 atom stereocenters. The van der Waals surface area contributed by atoms with E-state index in [1.54, 1.807) is 18.3 Å². The van der Waals surface area contributed by atoms with Gasteiger partial charge in [0.2, 0.25) is 5.91 Å². The Labute approximate surface area is 234 Å². The highest BCUT2D eigenvalue weighted by atomic mass is 79.9. The number of amides is 1. The minimum absolute atomic E-state index is 0.0999. The zero-order valence-corrected chi connectivity index (χ0v) is 23.3. The first-order valence-corrected chi connectivity index (χ1v) is 13.4. The maximum Gasteiger partial charge on any atom is 0.226 e. The molecule has 0 unspecified atom stereocenters. The zero-order chi connectivity index (χ0) is 26.1. The minimum atomic E-state index is -0.321. The first-order chi connectivity index (χ1) is 17.8. The van der Waals surface area contributed by atoms with E-state index >= 15 is 0 Å². The van der Waals surface area contributed by atoms with Gasteiger partial charge in [-0.3, -0.25) is 9.78 Å². The summed E-state index contributed by atoms with van der Waals surface area (Å²) in [6.07, 6.45) is 1.76. The summed E-state index contributed by atoms with van der Waals surface area (Å²) < 4.78 is 7.40. The van der Waals surface area contributed by atoms with Crippen LogP contribution >= 0.6 is 39.7 Å². The van der Waals surface area contributed by atoms with Gasteiger partial charge in [-0.25, -0.2) is 0 Å². The lowest BCUT2D eigenvalue weighted by atomic mass is 10.0. The molecular formula is C28H24BrClN4O2S. The van der Waals surface area contributed by atoms with Crippen LogP contribution in [-0.2, 0) is 4.79 Å². The number of carbonyl (C=O) groups is 1. The van der Waals surface area contributed by atoms with Gasteiger partial charge < -0.3 is 20.0 Å². The van der Waals surface area contributed by atoms with Gasteiger partial charge >= 0.3 is 0 Å². The zero-order valence-electron chi connectivity index (χ0n) is 20.1. The van der Waals surface area contributed by atoms with Crippen LogP contribution in [0.4, 0.5) is 11.4 Å². The Morgan fingerprint density at radius 1 is 1.14 bits per heavy atom. The van der Waals surface area contributed by atoms with Crippen molar-refractivity contribution in [2.24, 2.45) is 5.92 Å². The normalized spacial score (nSPS) is 17.2. The van der Waals surface area contributed by atoms with Crippen molar-refractivity contribution in [2.45, 2.75) is 25.9 Å². The molecule has 5 rings (SSSR count). The molecule has 0 radical (unpaired) electrons. The molecule has 2 aromatic heterocycles. The Bertz CT molecular complexity index is 1440. The fourth-order valence-corrected chi connectivity index (χ4v) is 5.07. The van der Waals surface area contributed by atoms with Crippen molar-refractivity contribution in [3.63, 3.8) is 0 Å². The van der Waals surface area contributed by atoms with E-state index in [-0.39, 0.29) is 23.9 Å². The Morgan fingerprint density at radius 2 is 1.92 bits per heavy atom. The number of hydrogen-bond donors (Lipinski definition) is 2. The van der Waals surface area contributed by atoms with E-state index in [4.69, 9.17) is 28.2 Å². The minimum Gasteiger partial charge on any atom is -0.459 e. The number of nitrogens with one attached hydrogen (secondary N) is 2. The molecule has 4 aromatic rings. The smallest absolute Gasteiger partial charge is 0.226 e. The summed E-state index contributed by atoms with van der Waals surface area (Å²) in [7, 11) is 0. The number of pyridine rings is 1. The summed E-state index contributed by atoms with van der Waals surface area (Å²) in [4.78, 5) is 18.8. The van der Waals surface area contributed by atoms with Crippen molar-refractivity contribution in [1.82, 2.24) is 10.3 Å². The maximum atomic E-state index is 12.2. The predicted octanol–water partition coefficient (Wildman–Crippen LogP) is 7.53. The highest BCUT2D eigenvalue weighted by Gasteiger charge is 2.42. The van der Waals surface area contributed by atoms with Crippen LogP contribution in [0.15, 0.2) is 87.9 Å². The predicted molar refractivity (Wildman–Crippen MR) is 155 cm³/mol. The van der Waals surface area contributed by atoms with Gasteiger partial charge in [0.05, 0.1) is 22.4 Å². The number of thiocarbonyl (C=S) groups is 1. The molecule has 1 aliphatic rings. The van der Waals surface area contributed by atoms with E-state index in [0.29, 0.717) is 15.8 Å². The largest absolute Gasteiger partial charge is 0.459 e. The number of nitrogens with zero attached hydrogens (tertiary/aromatic N) is 2. The van der Waals surface area contributed by atoms with Gasteiger partial charge in [-0.15, -0.1) is 0 Å². The third-order valence-electron chi connectivity index (χ3n) is 6.16. The van der Waals surface area contributed by atoms with Crippen molar-refractivity contribution in [3.8, 4) is 11.3 Å². The van der Waals surface area contributed by atoms with Gasteiger partial charge in [-0.05, 0) is 66.8 Å². The van der Waals surface area contributed by atoms with E-state index in [2.05, 4.69) is 31.5 Å². The van der Waals surface area contributed by atoms with Crippen LogP contribution in [0.1, 0.15) is 37.4 Å². The van der Waals surface area contributed by atoms with Gasteiger partial charge in [-0.1, -0.05) is 59.6 Å². The van der Waals surface area contributed by atoms with Gasteiger partial charge in [0.1, 0.15) is 17.6 Å². The highest BCUT2D eigenvalue weighted by Crippen LogP contribution is 2.44. The number of anilines is 2. The molecule has 2 N–H and O–H groups in total. The lowest BCUT2D eigenvalue weighted by molar-refractivity contribution is -0.118. The standard InChI is InChI=1S/C28H24BrClN4O2S/c1-16(2)27(35)32-21-11-10-19(15-20(21)30)34-26(25(33-28(34)37)22-5-3-4-14-31-22)24-13-12-23(36-24)17-6-8-18(29)9-7-17/h3-16,25-26H,1-2H3,(H,32,35)(H,33,37)/t25-,26-/m1/s1. The monoisotopic (exact) mass is 594 g/mol. The number of aromatic nitrogens is 1. The quantitative estimate of drug-likeness (QED) is 0.225. The number of rotatable bonds is 6. The fourth-order valence-electron chi connectivity index (χ4n) is 4.24. The van der Waals surface area contributed by atoms with E-state index in [1.807, 2.05) is 79.4 Å². The highest BCUT2D eigenvalue weighted by molar-refractivity contribution is 9.10. The number of carbonyl (C=O) groups excluding carboxylic acids is 1. The number of furan rings is 1. The maximum absolute atomic E-state index is 12.2. The van der Waals surface area contributed by atoms with Gasteiger partial charge in [0, 0.05) is 27.8 Å². The molecule has 1 aliphatic heterocycles. The average molecular weight is 596 g/mol. The first-order valence-electron chi connectivity index (χ1n) is 11.8. The van der Waals surface area contributed by atoms with Gasteiger partial charge in [0.25, 0.3) is 0 Å². The Balaban J connectivity index is 1.54. The molecule has 6 nitrogen and oxygen atoms in total. The van der Waals surface area contributed by atoms with E-state index in [0.717, 1.165) is 32.9 Å². The van der Waals surface area contributed by atoms with E-state index < -0.39 is 0 Å². The van der Waals surface area contributed by atoms with Gasteiger partial charge in [0.15, 0.2) is 5.11 Å². The van der Waals surface area contributed by atoms with Crippen LogP contribution in [0.2, 0.25) is 5.02 Å². The lowest BCUT2D eigenvalue weighted by Gasteiger charge is -2.26. The summed E-state index contributed by atoms with van der Waals surface area (Å²) >= 11 is 15.9. The van der Waals surface area contributed by atoms with Gasteiger partial charge in [-0.2, -0.15) is 0 Å². The summed E-state index contributed by atoms with van der Waals surface area (Å²) in [5, 5.41) is 7.24. The number of benzene rings is 2. The SMILES string of the molecule is CC(C)C(=O)Nc1ccc(N2C(=S)N[C@H](c3ccccn3)[C@H]2c2ccc(-c3ccc(Br)cc3)o2)cc1Cl. The molecule has 0 saturated carbocycles. The van der Waals surface area contributed by atoms with Crippen molar-refractivity contribution >= 4 is 62.1 Å². The topological polar surface area (TPSA) is 70.4 Å². The lowest BCUT2D eigenvalue weighted by Crippen LogP contribution is -2.29. The molecule has 1 fully saturated rings. The van der Waals surface area contributed by atoms with Crippen LogP contribution in [0.25, 0.3) is 11.3 Å². The van der Waals surface area contributed by atoms with Crippen molar-refractivity contribution in [2.75, 3.05) is 10.2 Å². The Kier molecular flexibility index (Phi) is 7.33. The third-order valence-corrected chi connectivity index (χ3v) is 7.31. The van der Waals surface area contributed by atoms with Crippen molar-refractivity contribution in [3.05, 3.63) is 99.9 Å². The Morgan fingerprint density at radius 3 is 2.59 bits per heavy atom. The van der Waals surface area contributed by atoms with Crippen molar-refractivity contribution < 1.29 is 9.21 Å². The van der Waals surface area contributed by atoms with E-state index in [9.17, 15) is 4.79 Å². The van der Waals surface area contributed by atoms with Crippen LogP contribution in [-0.4, -0.2) is 16.0 Å². The van der Waals surface area contributed by atoms with Crippen LogP contribution in [0.3, 0.4) is 0 Å². The van der Waals surface area contributed by atoms with Crippen molar-refractivity contribution in [1.29, 1.82) is 0 Å². The second-order valence-corrected chi connectivity index (χ2v) is 10.7. The molecule has 0 aliphatic carbocycles. The molecule has 0 bridgehead atoms. The first kappa shape index (κ1) is 25.4. The summed E-state index contributed by atoms with van der Waals surface area (Å²) in [5.74, 6) is 1.23. The second kappa shape index (κ2) is 10.7. The molecule has 1 amide bonds. The molecular weight excluding hydrogens is 572 g/mol. The average Bonchev–Trinajstić information content (AvgIpc) is 3.51. The summed E-state index contributed by atoms with van der Waals surface area (Å²) in [5.41, 5.74) is 3.13. The number of hydrogen-bond acceptors (Lipinski definition) is 4. The molecule has 37 heavy (non-hydrogen) atoms. The fraction of sp³-hybridized carbons (Fsp3) is 0.179. The molecule has 9 heteroatoms. The molecule has 1 saturated heterocycles. The van der Waals surface area contributed by atoms with E-state index in [1.165, 1.54) is 0 Å². The summed E-state index contributed by atoms with van der Waals surface area (Å²) in [6, 6.07) is 22.6. The second-order valence-electron chi connectivity index (χ2n) is 9.01. The Hall–Kier alpha value is -3.20. The molecule has 188 valence electrons. The number of halogens is 2.